The molecule has 1 aliphatic heterocycles. The van der Waals surface area contributed by atoms with E-state index in [0.717, 1.165) is 51.7 Å². The highest BCUT2D eigenvalue weighted by atomic mass is 16.5. The molecule has 0 radical (unpaired) electrons. The SMILES string of the molecule is N#CCOc1ccc(CNCCN2CCOCC2)cc1. The van der Waals surface area contributed by atoms with Crippen LogP contribution >= 0.6 is 0 Å². The summed E-state index contributed by atoms with van der Waals surface area (Å²) < 4.78 is 10.5. The lowest BCUT2D eigenvalue weighted by atomic mass is 10.2. The number of benzene rings is 1. The topological polar surface area (TPSA) is 57.5 Å². The number of nitriles is 1. The second-order valence-corrected chi connectivity index (χ2v) is 4.72. The smallest absolute Gasteiger partial charge is 0.174 e. The monoisotopic (exact) mass is 275 g/mol. The summed E-state index contributed by atoms with van der Waals surface area (Å²) in [6.07, 6.45) is 0. The molecule has 1 N–H and O–H groups in total. The molecule has 20 heavy (non-hydrogen) atoms. The molecule has 1 fully saturated rings. The van der Waals surface area contributed by atoms with Gasteiger partial charge >= 0.3 is 0 Å². The molecular weight excluding hydrogens is 254 g/mol. The third-order valence-electron chi connectivity index (χ3n) is 3.26. The molecule has 5 heteroatoms. The summed E-state index contributed by atoms with van der Waals surface area (Å²) in [5, 5.41) is 11.9. The van der Waals surface area contributed by atoms with Crippen molar-refractivity contribution in [2.24, 2.45) is 0 Å². The van der Waals surface area contributed by atoms with Crippen LogP contribution in [0.3, 0.4) is 0 Å². The van der Waals surface area contributed by atoms with E-state index in [4.69, 9.17) is 14.7 Å². The van der Waals surface area contributed by atoms with Crippen LogP contribution in [-0.2, 0) is 11.3 Å². The van der Waals surface area contributed by atoms with Crippen molar-refractivity contribution in [3.63, 3.8) is 0 Å². The molecule has 1 aliphatic rings. The van der Waals surface area contributed by atoms with E-state index in [2.05, 4.69) is 10.2 Å². The molecule has 2 rings (SSSR count). The lowest BCUT2D eigenvalue weighted by Crippen LogP contribution is -2.40. The van der Waals surface area contributed by atoms with Crippen LogP contribution in [-0.4, -0.2) is 50.9 Å². The van der Waals surface area contributed by atoms with Crippen LogP contribution in [0.4, 0.5) is 0 Å². The first-order valence-electron chi connectivity index (χ1n) is 6.98. The third-order valence-corrected chi connectivity index (χ3v) is 3.26. The van der Waals surface area contributed by atoms with Crippen molar-refractivity contribution in [1.82, 2.24) is 10.2 Å². The molecule has 0 amide bonds. The summed E-state index contributed by atoms with van der Waals surface area (Å²) in [6, 6.07) is 9.80. The van der Waals surface area contributed by atoms with E-state index >= 15 is 0 Å². The number of nitrogens with zero attached hydrogens (tertiary/aromatic N) is 2. The Bertz CT molecular complexity index is 422. The molecule has 1 heterocycles. The van der Waals surface area contributed by atoms with Crippen LogP contribution in [0.1, 0.15) is 5.56 Å². The van der Waals surface area contributed by atoms with Gasteiger partial charge in [0.15, 0.2) is 6.61 Å². The normalized spacial score (nSPS) is 15.8. The highest BCUT2D eigenvalue weighted by Gasteiger charge is 2.08. The summed E-state index contributed by atoms with van der Waals surface area (Å²) in [7, 11) is 0. The predicted octanol–water partition coefficient (Wildman–Crippen LogP) is 1.01. The van der Waals surface area contributed by atoms with Gasteiger partial charge in [0, 0.05) is 32.7 Å². The molecule has 0 saturated carbocycles. The zero-order valence-corrected chi connectivity index (χ0v) is 11.7. The van der Waals surface area contributed by atoms with Crippen molar-refractivity contribution in [3.8, 4) is 11.8 Å². The Morgan fingerprint density at radius 2 is 2.00 bits per heavy atom. The number of ether oxygens (including phenoxy) is 2. The van der Waals surface area contributed by atoms with Gasteiger partial charge in [-0.2, -0.15) is 5.26 Å². The Morgan fingerprint density at radius 1 is 1.25 bits per heavy atom. The van der Waals surface area contributed by atoms with Crippen LogP contribution in [0.2, 0.25) is 0 Å². The summed E-state index contributed by atoms with van der Waals surface area (Å²) >= 11 is 0. The molecule has 0 bridgehead atoms. The first-order valence-corrected chi connectivity index (χ1v) is 6.98. The van der Waals surface area contributed by atoms with Crippen molar-refractivity contribution in [2.45, 2.75) is 6.54 Å². The Hall–Kier alpha value is -1.61. The Kier molecular flexibility index (Phi) is 6.32. The van der Waals surface area contributed by atoms with E-state index in [-0.39, 0.29) is 6.61 Å². The molecule has 0 aliphatic carbocycles. The fourth-order valence-electron chi connectivity index (χ4n) is 2.11. The maximum atomic E-state index is 8.44. The number of morpholine rings is 1. The van der Waals surface area contributed by atoms with Crippen molar-refractivity contribution in [1.29, 1.82) is 5.26 Å². The molecule has 0 spiro atoms. The number of nitrogens with one attached hydrogen (secondary N) is 1. The van der Waals surface area contributed by atoms with E-state index in [1.165, 1.54) is 5.56 Å². The van der Waals surface area contributed by atoms with Gasteiger partial charge in [0.25, 0.3) is 0 Å². The number of rotatable bonds is 7. The molecule has 108 valence electrons. The minimum absolute atomic E-state index is 0.0944. The summed E-state index contributed by atoms with van der Waals surface area (Å²) in [6.45, 7) is 6.76. The second kappa shape index (κ2) is 8.54. The van der Waals surface area contributed by atoms with E-state index in [9.17, 15) is 0 Å². The standard InChI is InChI=1S/C15H21N3O2/c16-5-10-20-15-3-1-14(2-4-15)13-17-6-7-18-8-11-19-12-9-18/h1-4,17H,6-13H2. The minimum Gasteiger partial charge on any atom is -0.479 e. The molecule has 1 aromatic carbocycles. The van der Waals surface area contributed by atoms with Gasteiger partial charge in [0.1, 0.15) is 11.8 Å². The van der Waals surface area contributed by atoms with E-state index in [1.54, 1.807) is 0 Å². The van der Waals surface area contributed by atoms with Crippen molar-refractivity contribution < 1.29 is 9.47 Å². The van der Waals surface area contributed by atoms with Gasteiger partial charge in [-0.3, -0.25) is 4.90 Å². The molecule has 0 atom stereocenters. The highest BCUT2D eigenvalue weighted by Crippen LogP contribution is 2.11. The first kappa shape index (κ1) is 14.8. The van der Waals surface area contributed by atoms with E-state index in [0.29, 0.717) is 0 Å². The Morgan fingerprint density at radius 3 is 2.70 bits per heavy atom. The Balaban J connectivity index is 1.62. The van der Waals surface area contributed by atoms with Crippen LogP contribution in [0.25, 0.3) is 0 Å². The first-order chi connectivity index (χ1) is 9.88. The van der Waals surface area contributed by atoms with Crippen LogP contribution in [0.15, 0.2) is 24.3 Å². The summed E-state index contributed by atoms with van der Waals surface area (Å²) in [5.74, 6) is 0.739. The second-order valence-electron chi connectivity index (χ2n) is 4.72. The van der Waals surface area contributed by atoms with E-state index in [1.807, 2.05) is 30.3 Å². The fourth-order valence-corrected chi connectivity index (χ4v) is 2.11. The fraction of sp³-hybridized carbons (Fsp3) is 0.533. The molecule has 5 nitrogen and oxygen atoms in total. The lowest BCUT2D eigenvalue weighted by Gasteiger charge is -2.26. The van der Waals surface area contributed by atoms with Crippen LogP contribution < -0.4 is 10.1 Å². The average molecular weight is 275 g/mol. The van der Waals surface area contributed by atoms with Gasteiger partial charge < -0.3 is 14.8 Å². The zero-order chi connectivity index (χ0) is 14.0. The van der Waals surface area contributed by atoms with Crippen molar-refractivity contribution in [3.05, 3.63) is 29.8 Å². The Labute approximate surface area is 120 Å². The molecular formula is C15H21N3O2. The molecule has 0 unspecified atom stereocenters. The largest absolute Gasteiger partial charge is 0.479 e. The van der Waals surface area contributed by atoms with Crippen LogP contribution in [0, 0.1) is 11.3 Å². The van der Waals surface area contributed by atoms with Crippen molar-refractivity contribution in [2.75, 3.05) is 46.0 Å². The third kappa shape index (κ3) is 5.17. The van der Waals surface area contributed by atoms with Gasteiger partial charge in [-0.25, -0.2) is 0 Å². The van der Waals surface area contributed by atoms with Gasteiger partial charge in [0.05, 0.1) is 13.2 Å². The highest BCUT2D eigenvalue weighted by molar-refractivity contribution is 5.27. The predicted molar refractivity (Wildman–Crippen MR) is 76.5 cm³/mol. The quantitative estimate of drug-likeness (QED) is 0.753. The van der Waals surface area contributed by atoms with Gasteiger partial charge in [-0.1, -0.05) is 12.1 Å². The maximum absolute atomic E-state index is 8.44. The average Bonchev–Trinajstić information content (AvgIpc) is 2.52. The van der Waals surface area contributed by atoms with Gasteiger partial charge in [0.2, 0.25) is 0 Å². The number of hydrogen-bond acceptors (Lipinski definition) is 5. The molecule has 1 aromatic rings. The molecule has 1 saturated heterocycles. The van der Waals surface area contributed by atoms with Crippen LogP contribution in [0.5, 0.6) is 5.75 Å². The zero-order valence-electron chi connectivity index (χ0n) is 11.7. The van der Waals surface area contributed by atoms with Gasteiger partial charge in [-0.15, -0.1) is 0 Å². The maximum Gasteiger partial charge on any atom is 0.174 e. The van der Waals surface area contributed by atoms with Crippen molar-refractivity contribution >= 4 is 0 Å². The summed E-state index contributed by atoms with van der Waals surface area (Å²) in [5.41, 5.74) is 1.22. The van der Waals surface area contributed by atoms with E-state index < -0.39 is 0 Å². The molecule has 0 aromatic heterocycles. The van der Waals surface area contributed by atoms with Gasteiger partial charge in [-0.05, 0) is 17.7 Å². The minimum atomic E-state index is 0.0944. The lowest BCUT2D eigenvalue weighted by molar-refractivity contribution is 0.0384. The number of hydrogen-bond donors (Lipinski definition) is 1. The summed E-state index contributed by atoms with van der Waals surface area (Å²) in [4.78, 5) is 2.41.